The summed E-state index contributed by atoms with van der Waals surface area (Å²) in [4.78, 5) is 0. The maximum absolute atomic E-state index is 5.58. The van der Waals surface area contributed by atoms with Crippen molar-refractivity contribution in [2.45, 2.75) is 45.1 Å². The van der Waals surface area contributed by atoms with Crippen molar-refractivity contribution >= 4 is 5.69 Å². The van der Waals surface area contributed by atoms with Crippen LogP contribution >= 0.6 is 0 Å². The third kappa shape index (κ3) is 3.28. The summed E-state index contributed by atoms with van der Waals surface area (Å²) in [5.41, 5.74) is 2.75. The minimum atomic E-state index is 0.164. The first-order valence-electron chi connectivity index (χ1n) is 6.71. The molecule has 0 aliphatic carbocycles. The van der Waals surface area contributed by atoms with Crippen LogP contribution in [0.1, 0.15) is 39.2 Å². The summed E-state index contributed by atoms with van der Waals surface area (Å²) >= 11 is 0. The first-order chi connectivity index (χ1) is 8.57. The van der Waals surface area contributed by atoms with E-state index in [1.54, 1.807) is 0 Å². The van der Waals surface area contributed by atoms with Gasteiger partial charge < -0.3 is 10.1 Å². The Bertz CT molecular complexity index is 417. The molecule has 1 atom stereocenters. The average molecular weight is 245 g/mol. The van der Waals surface area contributed by atoms with E-state index in [4.69, 9.17) is 4.74 Å². The van der Waals surface area contributed by atoms with Crippen molar-refractivity contribution in [3.63, 3.8) is 0 Å². The molecule has 0 saturated carbocycles. The van der Waals surface area contributed by atoms with Gasteiger partial charge in [0.15, 0.2) is 0 Å². The van der Waals surface area contributed by atoms with Gasteiger partial charge in [-0.2, -0.15) is 0 Å². The van der Waals surface area contributed by atoms with Gasteiger partial charge in [0.05, 0.1) is 12.8 Å². The zero-order valence-electron chi connectivity index (χ0n) is 11.6. The highest BCUT2D eigenvalue weighted by Crippen LogP contribution is 2.29. The van der Waals surface area contributed by atoms with Gasteiger partial charge in [-0.25, -0.2) is 0 Å². The number of ether oxygens (including phenoxy) is 1. The van der Waals surface area contributed by atoms with Gasteiger partial charge in [0.2, 0.25) is 0 Å². The first-order valence-corrected chi connectivity index (χ1v) is 6.71. The fourth-order valence-electron chi connectivity index (χ4n) is 2.25. The van der Waals surface area contributed by atoms with Crippen LogP contribution in [0.2, 0.25) is 0 Å². The Morgan fingerprint density at radius 3 is 2.72 bits per heavy atom. The summed E-state index contributed by atoms with van der Waals surface area (Å²) in [5, 5.41) is 3.53. The van der Waals surface area contributed by atoms with Crippen molar-refractivity contribution in [2.75, 3.05) is 11.9 Å². The van der Waals surface area contributed by atoms with Crippen LogP contribution < -0.4 is 5.32 Å². The number of nitrogens with one attached hydrogen (secondary N) is 1. The van der Waals surface area contributed by atoms with Gasteiger partial charge in [0, 0.05) is 5.69 Å². The summed E-state index contributed by atoms with van der Waals surface area (Å²) < 4.78 is 5.58. The van der Waals surface area contributed by atoms with Crippen molar-refractivity contribution in [2.24, 2.45) is 0 Å². The highest BCUT2D eigenvalue weighted by Gasteiger charge is 2.18. The van der Waals surface area contributed by atoms with Crippen LogP contribution in [-0.2, 0) is 10.2 Å². The number of anilines is 1. The summed E-state index contributed by atoms with van der Waals surface area (Å²) in [6.45, 7) is 7.60. The minimum Gasteiger partial charge on any atom is -0.497 e. The molecule has 0 amide bonds. The van der Waals surface area contributed by atoms with Crippen molar-refractivity contribution in [3.05, 3.63) is 42.2 Å². The van der Waals surface area contributed by atoms with E-state index in [2.05, 4.69) is 56.4 Å². The molecule has 1 heterocycles. The lowest BCUT2D eigenvalue weighted by molar-refractivity contribution is 0.135. The molecule has 18 heavy (non-hydrogen) atoms. The Hall–Kier alpha value is -1.44. The Morgan fingerprint density at radius 2 is 2.06 bits per heavy atom. The number of benzene rings is 1. The van der Waals surface area contributed by atoms with Gasteiger partial charge in [0.25, 0.3) is 0 Å². The van der Waals surface area contributed by atoms with Crippen LogP contribution in [0.25, 0.3) is 0 Å². The fraction of sp³-hybridized carbons (Fsp3) is 0.500. The van der Waals surface area contributed by atoms with E-state index in [-0.39, 0.29) is 5.41 Å². The molecule has 1 unspecified atom stereocenters. The van der Waals surface area contributed by atoms with Crippen LogP contribution in [0.5, 0.6) is 0 Å². The molecule has 0 radical (unpaired) electrons. The quantitative estimate of drug-likeness (QED) is 0.866. The molecule has 0 fully saturated rings. The SMILES string of the molecule is CC(C)(C)c1ccccc1NCC1CCC=CO1. The van der Waals surface area contributed by atoms with E-state index in [0.29, 0.717) is 6.10 Å². The van der Waals surface area contributed by atoms with E-state index in [0.717, 1.165) is 19.4 Å². The molecule has 0 aromatic heterocycles. The van der Waals surface area contributed by atoms with Crippen LogP contribution in [0, 0.1) is 0 Å². The molecule has 0 spiro atoms. The van der Waals surface area contributed by atoms with Crippen LogP contribution in [0.3, 0.4) is 0 Å². The Kier molecular flexibility index (Phi) is 3.95. The zero-order valence-corrected chi connectivity index (χ0v) is 11.6. The molecular weight excluding hydrogens is 222 g/mol. The number of hydrogen-bond donors (Lipinski definition) is 1. The van der Waals surface area contributed by atoms with E-state index in [1.165, 1.54) is 11.3 Å². The molecule has 2 heteroatoms. The molecular formula is C16H23NO. The molecule has 1 aliphatic rings. The highest BCUT2D eigenvalue weighted by atomic mass is 16.5. The van der Waals surface area contributed by atoms with Crippen LogP contribution in [0.4, 0.5) is 5.69 Å². The number of hydrogen-bond acceptors (Lipinski definition) is 2. The number of allylic oxidation sites excluding steroid dienone is 1. The number of para-hydroxylation sites is 1. The Balaban J connectivity index is 2.03. The molecule has 2 nitrogen and oxygen atoms in total. The molecule has 1 aliphatic heterocycles. The van der Waals surface area contributed by atoms with E-state index in [1.807, 2.05) is 6.26 Å². The van der Waals surface area contributed by atoms with Crippen molar-refractivity contribution in [1.82, 2.24) is 0 Å². The molecule has 98 valence electrons. The second-order valence-corrected chi connectivity index (χ2v) is 5.88. The lowest BCUT2D eigenvalue weighted by Crippen LogP contribution is -2.24. The first kappa shape index (κ1) is 13.0. The van der Waals surface area contributed by atoms with Gasteiger partial charge in [-0.1, -0.05) is 39.0 Å². The summed E-state index contributed by atoms with van der Waals surface area (Å²) in [6, 6.07) is 8.54. The molecule has 1 aromatic carbocycles. The molecule has 1 N–H and O–H groups in total. The summed E-state index contributed by atoms with van der Waals surface area (Å²) in [5.74, 6) is 0. The summed E-state index contributed by atoms with van der Waals surface area (Å²) in [7, 11) is 0. The second kappa shape index (κ2) is 5.47. The fourth-order valence-corrected chi connectivity index (χ4v) is 2.25. The van der Waals surface area contributed by atoms with E-state index >= 15 is 0 Å². The maximum Gasteiger partial charge on any atom is 0.115 e. The third-order valence-electron chi connectivity index (χ3n) is 3.28. The van der Waals surface area contributed by atoms with Gasteiger partial charge in [-0.3, -0.25) is 0 Å². The standard InChI is InChI=1S/C16H23NO/c1-16(2,3)14-9-4-5-10-15(14)17-12-13-8-6-7-11-18-13/h4-5,7,9-11,13,17H,6,8,12H2,1-3H3. The minimum absolute atomic E-state index is 0.164. The van der Waals surface area contributed by atoms with Gasteiger partial charge in [-0.15, -0.1) is 0 Å². The predicted molar refractivity (Wildman–Crippen MR) is 76.9 cm³/mol. The highest BCUT2D eigenvalue weighted by molar-refractivity contribution is 5.54. The lowest BCUT2D eigenvalue weighted by Gasteiger charge is -2.25. The molecule has 0 saturated heterocycles. The zero-order chi connectivity index (χ0) is 13.0. The van der Waals surface area contributed by atoms with Crippen molar-refractivity contribution in [1.29, 1.82) is 0 Å². The Morgan fingerprint density at radius 1 is 1.28 bits per heavy atom. The second-order valence-electron chi connectivity index (χ2n) is 5.88. The normalized spacial score (nSPS) is 19.4. The van der Waals surface area contributed by atoms with Crippen LogP contribution in [-0.4, -0.2) is 12.6 Å². The molecule has 1 aromatic rings. The monoisotopic (exact) mass is 245 g/mol. The van der Waals surface area contributed by atoms with Gasteiger partial charge in [-0.05, 0) is 36.0 Å². The smallest absolute Gasteiger partial charge is 0.115 e. The molecule has 0 bridgehead atoms. The largest absolute Gasteiger partial charge is 0.497 e. The lowest BCUT2D eigenvalue weighted by atomic mass is 9.86. The van der Waals surface area contributed by atoms with Crippen molar-refractivity contribution < 1.29 is 4.74 Å². The van der Waals surface area contributed by atoms with Gasteiger partial charge in [0.1, 0.15) is 6.10 Å². The predicted octanol–water partition coefficient (Wildman–Crippen LogP) is 4.09. The number of rotatable bonds is 3. The Labute approximate surface area is 110 Å². The van der Waals surface area contributed by atoms with E-state index in [9.17, 15) is 0 Å². The van der Waals surface area contributed by atoms with Crippen molar-refractivity contribution in [3.8, 4) is 0 Å². The molecule has 2 rings (SSSR count). The average Bonchev–Trinajstić information content (AvgIpc) is 2.37. The topological polar surface area (TPSA) is 21.3 Å². The van der Waals surface area contributed by atoms with Crippen LogP contribution in [0.15, 0.2) is 36.6 Å². The van der Waals surface area contributed by atoms with Gasteiger partial charge >= 0.3 is 0 Å². The maximum atomic E-state index is 5.58. The third-order valence-corrected chi connectivity index (χ3v) is 3.28. The van der Waals surface area contributed by atoms with E-state index < -0.39 is 0 Å². The summed E-state index contributed by atoms with van der Waals surface area (Å²) in [6.07, 6.45) is 6.42.